The number of hydrogen-bond donors (Lipinski definition) is 3. The summed E-state index contributed by atoms with van der Waals surface area (Å²) < 4.78 is 0. The SMILES string of the molecule is CNC(=O)C(C)(C)CNC(=O)C(C)c1cccc(N)c1. The van der Waals surface area contributed by atoms with Crippen molar-refractivity contribution in [3.8, 4) is 0 Å². The molecule has 110 valence electrons. The van der Waals surface area contributed by atoms with Crippen LogP contribution in [0.15, 0.2) is 24.3 Å². The van der Waals surface area contributed by atoms with E-state index < -0.39 is 5.41 Å². The van der Waals surface area contributed by atoms with E-state index in [0.29, 0.717) is 5.69 Å². The van der Waals surface area contributed by atoms with Crippen LogP contribution < -0.4 is 16.4 Å². The van der Waals surface area contributed by atoms with Gasteiger partial charge >= 0.3 is 0 Å². The second kappa shape index (κ2) is 6.41. The molecule has 5 nitrogen and oxygen atoms in total. The largest absolute Gasteiger partial charge is 0.399 e. The maximum Gasteiger partial charge on any atom is 0.227 e. The molecule has 1 atom stereocenters. The Morgan fingerprint density at radius 2 is 2.00 bits per heavy atom. The topological polar surface area (TPSA) is 84.2 Å². The second-order valence-corrected chi connectivity index (χ2v) is 5.57. The predicted octanol–water partition coefficient (Wildman–Crippen LogP) is 1.26. The summed E-state index contributed by atoms with van der Waals surface area (Å²) in [7, 11) is 1.58. The molecule has 0 spiro atoms. The van der Waals surface area contributed by atoms with Crippen molar-refractivity contribution in [2.45, 2.75) is 26.7 Å². The zero-order valence-electron chi connectivity index (χ0n) is 12.5. The molecular formula is C15H23N3O2. The summed E-state index contributed by atoms with van der Waals surface area (Å²) in [4.78, 5) is 23.8. The van der Waals surface area contributed by atoms with Gasteiger partial charge in [-0.25, -0.2) is 0 Å². The first kappa shape index (κ1) is 16.0. The number of nitrogens with one attached hydrogen (secondary N) is 2. The second-order valence-electron chi connectivity index (χ2n) is 5.57. The van der Waals surface area contributed by atoms with Gasteiger partial charge in [0.1, 0.15) is 0 Å². The first-order chi connectivity index (χ1) is 9.27. The minimum Gasteiger partial charge on any atom is -0.399 e. The zero-order chi connectivity index (χ0) is 15.3. The van der Waals surface area contributed by atoms with E-state index in [0.717, 1.165) is 5.56 Å². The van der Waals surface area contributed by atoms with Crippen LogP contribution in [0.5, 0.6) is 0 Å². The van der Waals surface area contributed by atoms with E-state index in [1.54, 1.807) is 33.0 Å². The van der Waals surface area contributed by atoms with Gasteiger partial charge in [0.25, 0.3) is 0 Å². The van der Waals surface area contributed by atoms with E-state index >= 15 is 0 Å². The molecule has 20 heavy (non-hydrogen) atoms. The minimum atomic E-state index is -0.639. The number of anilines is 1. The number of rotatable bonds is 5. The molecule has 0 radical (unpaired) electrons. The molecule has 2 amide bonds. The summed E-state index contributed by atoms with van der Waals surface area (Å²) in [6.07, 6.45) is 0. The van der Waals surface area contributed by atoms with E-state index in [4.69, 9.17) is 5.73 Å². The Bertz CT molecular complexity index is 498. The van der Waals surface area contributed by atoms with Gasteiger partial charge in [0.2, 0.25) is 11.8 Å². The summed E-state index contributed by atoms with van der Waals surface area (Å²) >= 11 is 0. The molecule has 0 aliphatic rings. The molecule has 0 bridgehead atoms. The first-order valence-corrected chi connectivity index (χ1v) is 6.63. The predicted molar refractivity (Wildman–Crippen MR) is 80.1 cm³/mol. The van der Waals surface area contributed by atoms with Crippen molar-refractivity contribution in [1.82, 2.24) is 10.6 Å². The zero-order valence-corrected chi connectivity index (χ0v) is 12.5. The van der Waals surface area contributed by atoms with Crippen molar-refractivity contribution in [3.05, 3.63) is 29.8 Å². The highest BCUT2D eigenvalue weighted by Crippen LogP contribution is 2.19. The summed E-state index contributed by atoms with van der Waals surface area (Å²) in [5, 5.41) is 5.41. The first-order valence-electron chi connectivity index (χ1n) is 6.63. The third kappa shape index (κ3) is 3.98. The van der Waals surface area contributed by atoms with Gasteiger partial charge in [0, 0.05) is 19.3 Å². The van der Waals surface area contributed by atoms with Crippen LogP contribution in [0.4, 0.5) is 5.69 Å². The van der Waals surface area contributed by atoms with Gasteiger partial charge in [-0.05, 0) is 38.5 Å². The van der Waals surface area contributed by atoms with Crippen molar-refractivity contribution in [2.24, 2.45) is 5.41 Å². The molecule has 1 aromatic rings. The molecule has 0 aliphatic carbocycles. The highest BCUT2D eigenvalue weighted by atomic mass is 16.2. The average Bonchev–Trinajstić information content (AvgIpc) is 2.43. The van der Waals surface area contributed by atoms with Gasteiger partial charge in [-0.1, -0.05) is 12.1 Å². The normalized spacial score (nSPS) is 12.6. The fourth-order valence-corrected chi connectivity index (χ4v) is 1.86. The lowest BCUT2D eigenvalue weighted by molar-refractivity contribution is -0.129. The monoisotopic (exact) mass is 277 g/mol. The van der Waals surface area contributed by atoms with E-state index in [1.165, 1.54) is 0 Å². The summed E-state index contributed by atoms with van der Waals surface area (Å²) in [5.74, 6) is -0.527. The number of amides is 2. The van der Waals surface area contributed by atoms with Crippen LogP contribution in [0, 0.1) is 5.41 Å². The van der Waals surface area contributed by atoms with Crippen LogP contribution in [-0.2, 0) is 9.59 Å². The van der Waals surface area contributed by atoms with Gasteiger partial charge in [0.05, 0.1) is 11.3 Å². The van der Waals surface area contributed by atoms with Gasteiger partial charge in [-0.2, -0.15) is 0 Å². The van der Waals surface area contributed by atoms with Crippen LogP contribution in [0.25, 0.3) is 0 Å². The molecule has 0 saturated heterocycles. The van der Waals surface area contributed by atoms with Crippen molar-refractivity contribution < 1.29 is 9.59 Å². The molecule has 1 rings (SSSR count). The molecule has 1 aromatic carbocycles. The number of hydrogen-bond acceptors (Lipinski definition) is 3. The van der Waals surface area contributed by atoms with Crippen molar-refractivity contribution in [3.63, 3.8) is 0 Å². The number of carbonyl (C=O) groups excluding carboxylic acids is 2. The molecule has 0 aromatic heterocycles. The van der Waals surface area contributed by atoms with Crippen LogP contribution in [-0.4, -0.2) is 25.4 Å². The van der Waals surface area contributed by atoms with Gasteiger partial charge < -0.3 is 16.4 Å². The molecule has 0 fully saturated rings. The highest BCUT2D eigenvalue weighted by Gasteiger charge is 2.28. The third-order valence-electron chi connectivity index (χ3n) is 3.35. The maximum absolute atomic E-state index is 12.1. The smallest absolute Gasteiger partial charge is 0.227 e. The average molecular weight is 277 g/mol. The van der Waals surface area contributed by atoms with Crippen molar-refractivity contribution in [2.75, 3.05) is 19.3 Å². The number of carbonyl (C=O) groups is 2. The van der Waals surface area contributed by atoms with E-state index in [2.05, 4.69) is 10.6 Å². The van der Waals surface area contributed by atoms with Crippen LogP contribution >= 0.6 is 0 Å². The minimum absolute atomic E-state index is 0.102. The molecule has 1 unspecified atom stereocenters. The molecule has 0 aliphatic heterocycles. The summed E-state index contributed by atoms with van der Waals surface area (Å²) in [6.45, 7) is 5.68. The quantitative estimate of drug-likeness (QED) is 0.708. The summed E-state index contributed by atoms with van der Waals surface area (Å²) in [5.41, 5.74) is 6.57. The highest BCUT2D eigenvalue weighted by molar-refractivity contribution is 5.85. The Labute approximate surface area is 119 Å². The Kier molecular flexibility index (Phi) is 5.13. The molecule has 5 heteroatoms. The van der Waals surface area contributed by atoms with E-state index in [9.17, 15) is 9.59 Å². The van der Waals surface area contributed by atoms with Crippen LogP contribution in [0.1, 0.15) is 32.3 Å². The Hall–Kier alpha value is -2.04. The Morgan fingerprint density at radius 1 is 1.35 bits per heavy atom. The van der Waals surface area contributed by atoms with Gasteiger partial charge in [-0.3, -0.25) is 9.59 Å². The molecule has 0 heterocycles. The fourth-order valence-electron chi connectivity index (χ4n) is 1.86. The number of nitrogens with two attached hydrogens (primary N) is 1. The standard InChI is InChI=1S/C15H23N3O2/c1-10(11-6-5-7-12(16)8-11)13(19)18-9-15(2,3)14(20)17-4/h5-8,10H,9,16H2,1-4H3,(H,17,20)(H,18,19). The van der Waals surface area contributed by atoms with Crippen LogP contribution in [0.3, 0.4) is 0 Å². The van der Waals surface area contributed by atoms with Crippen molar-refractivity contribution in [1.29, 1.82) is 0 Å². The maximum atomic E-state index is 12.1. The fraction of sp³-hybridized carbons (Fsp3) is 0.467. The van der Waals surface area contributed by atoms with E-state index in [1.807, 2.05) is 19.1 Å². The molecule has 4 N–H and O–H groups in total. The lowest BCUT2D eigenvalue weighted by Crippen LogP contribution is -2.44. The van der Waals surface area contributed by atoms with Gasteiger partial charge in [0.15, 0.2) is 0 Å². The lowest BCUT2D eigenvalue weighted by Gasteiger charge is -2.24. The Balaban J connectivity index is 2.65. The number of benzene rings is 1. The van der Waals surface area contributed by atoms with Crippen LogP contribution in [0.2, 0.25) is 0 Å². The summed E-state index contributed by atoms with van der Waals surface area (Å²) in [6, 6.07) is 7.25. The Morgan fingerprint density at radius 3 is 2.55 bits per heavy atom. The third-order valence-corrected chi connectivity index (χ3v) is 3.35. The lowest BCUT2D eigenvalue weighted by atomic mass is 9.91. The number of nitrogen functional groups attached to an aromatic ring is 1. The molecular weight excluding hydrogens is 254 g/mol. The van der Waals surface area contributed by atoms with E-state index in [-0.39, 0.29) is 24.3 Å². The molecule has 0 saturated carbocycles. The van der Waals surface area contributed by atoms with Gasteiger partial charge in [-0.15, -0.1) is 0 Å². The van der Waals surface area contributed by atoms with Crippen molar-refractivity contribution >= 4 is 17.5 Å².